The molecule has 0 aromatic heterocycles. The predicted molar refractivity (Wildman–Crippen MR) is 235 cm³/mol. The molecule has 0 radical (unpaired) electrons. The number of carbonyl (C=O) groups is 1. The van der Waals surface area contributed by atoms with Crippen LogP contribution in [0.3, 0.4) is 0 Å². The largest absolute Gasteiger partial charge is 0.394 e. The van der Waals surface area contributed by atoms with Crippen LogP contribution < -0.4 is 5.32 Å². The van der Waals surface area contributed by atoms with Gasteiger partial charge in [0.15, 0.2) is 12.6 Å². The fraction of sp³-hybridized carbons (Fsp3) is 0.894. The molecule has 2 rings (SSSR count). The lowest BCUT2D eigenvalue weighted by Crippen LogP contribution is -2.65. The number of allylic oxidation sites excluding steroid dienone is 3. The smallest absolute Gasteiger partial charge is 0.220 e. The van der Waals surface area contributed by atoms with Crippen LogP contribution in [0.15, 0.2) is 24.3 Å². The van der Waals surface area contributed by atoms with Crippen molar-refractivity contribution >= 4 is 5.91 Å². The molecule has 2 fully saturated rings. The van der Waals surface area contributed by atoms with E-state index >= 15 is 0 Å². The maximum absolute atomic E-state index is 13.1. The second kappa shape index (κ2) is 34.8. The predicted octanol–water partition coefficient (Wildman–Crippen LogP) is 5.38. The van der Waals surface area contributed by atoms with E-state index in [1.807, 2.05) is 6.08 Å². The van der Waals surface area contributed by atoms with E-state index in [1.54, 1.807) is 6.08 Å². The third-order valence-electron chi connectivity index (χ3n) is 11.9. The van der Waals surface area contributed by atoms with Crippen molar-refractivity contribution in [2.45, 2.75) is 248 Å². The molecule has 0 saturated carbocycles. The number of ether oxygens (including phenoxy) is 4. The summed E-state index contributed by atoms with van der Waals surface area (Å²) in [5.41, 5.74) is 0. The zero-order chi connectivity index (χ0) is 44.7. The molecule has 0 aliphatic carbocycles. The molecule has 2 aliphatic heterocycles. The van der Waals surface area contributed by atoms with Crippen LogP contribution in [-0.2, 0) is 23.7 Å². The van der Waals surface area contributed by atoms with Crippen LogP contribution in [0, 0.1) is 0 Å². The Kier molecular flexibility index (Phi) is 31.7. The van der Waals surface area contributed by atoms with E-state index in [2.05, 4.69) is 31.3 Å². The third kappa shape index (κ3) is 22.8. The summed E-state index contributed by atoms with van der Waals surface area (Å²) < 4.78 is 22.6. The second-order valence-electron chi connectivity index (χ2n) is 17.2. The van der Waals surface area contributed by atoms with Crippen molar-refractivity contribution in [1.29, 1.82) is 0 Å². The number of aliphatic hydroxyl groups is 8. The first-order valence-electron chi connectivity index (χ1n) is 24.1. The Balaban J connectivity index is 1.85. The number of amides is 1. The zero-order valence-corrected chi connectivity index (χ0v) is 37.7. The molecule has 14 heteroatoms. The number of nitrogens with one attached hydrogen (secondary N) is 1. The van der Waals surface area contributed by atoms with Crippen LogP contribution in [0.1, 0.15) is 174 Å². The van der Waals surface area contributed by atoms with Gasteiger partial charge in [0.25, 0.3) is 0 Å². The van der Waals surface area contributed by atoms with Crippen LogP contribution >= 0.6 is 0 Å². The summed E-state index contributed by atoms with van der Waals surface area (Å²) in [5, 5.41) is 86.4. The molecule has 2 aliphatic rings. The highest BCUT2D eigenvalue weighted by Crippen LogP contribution is 2.30. The molecule has 9 N–H and O–H groups in total. The highest BCUT2D eigenvalue weighted by Gasteiger charge is 2.51. The average Bonchev–Trinajstić information content (AvgIpc) is 3.26. The normalized spacial score (nSPS) is 28.2. The van der Waals surface area contributed by atoms with Gasteiger partial charge in [0.2, 0.25) is 5.91 Å². The van der Waals surface area contributed by atoms with E-state index in [1.165, 1.54) is 109 Å². The molecule has 0 bridgehead atoms. The number of unbranched alkanes of at least 4 members (excludes halogenated alkanes) is 21. The number of aliphatic hydroxyl groups excluding tert-OH is 8. The quantitative estimate of drug-likeness (QED) is 0.0285. The standard InChI is InChI=1S/C47H87NO13/c1-3-5-7-9-11-13-15-16-17-18-19-20-21-23-25-27-29-31-39(52)48-35(36(51)30-28-26-24-22-14-12-10-8-6-4-2)34-58-46-44(57)42(55)45(38(33-50)60-46)61-47-43(56)41(54)40(53)37(32-49)59-47/h14,22,28,30,35-38,40-47,49-51,53-57H,3-13,15-21,23-27,29,31-34H2,1-2H3,(H,48,52)/b22-14+,30-28+. The molecule has 0 aromatic rings. The zero-order valence-electron chi connectivity index (χ0n) is 37.7. The van der Waals surface area contributed by atoms with Gasteiger partial charge in [-0.2, -0.15) is 0 Å². The minimum absolute atomic E-state index is 0.251. The van der Waals surface area contributed by atoms with Crippen LogP contribution in [0.2, 0.25) is 0 Å². The fourth-order valence-electron chi connectivity index (χ4n) is 7.89. The average molecular weight is 874 g/mol. The molecule has 1 amide bonds. The van der Waals surface area contributed by atoms with Crippen LogP contribution in [0.5, 0.6) is 0 Å². The third-order valence-corrected chi connectivity index (χ3v) is 11.9. The van der Waals surface area contributed by atoms with Crippen LogP contribution in [0.4, 0.5) is 0 Å². The number of hydrogen-bond acceptors (Lipinski definition) is 13. The van der Waals surface area contributed by atoms with E-state index in [-0.39, 0.29) is 18.9 Å². The minimum atomic E-state index is -1.79. The van der Waals surface area contributed by atoms with E-state index in [0.717, 1.165) is 32.1 Å². The summed E-state index contributed by atoms with van der Waals surface area (Å²) in [6, 6.07) is -0.924. The molecular weight excluding hydrogens is 787 g/mol. The highest BCUT2D eigenvalue weighted by atomic mass is 16.7. The summed E-state index contributed by atoms with van der Waals surface area (Å²) in [6.45, 7) is 2.72. The van der Waals surface area contributed by atoms with Gasteiger partial charge in [-0.3, -0.25) is 4.79 Å². The van der Waals surface area contributed by atoms with Gasteiger partial charge in [-0.25, -0.2) is 0 Å². The van der Waals surface area contributed by atoms with Crippen molar-refractivity contribution in [1.82, 2.24) is 5.32 Å². The van der Waals surface area contributed by atoms with E-state index < -0.39 is 86.8 Å². The maximum atomic E-state index is 13.1. The van der Waals surface area contributed by atoms with E-state index in [0.29, 0.717) is 12.8 Å². The molecule has 14 nitrogen and oxygen atoms in total. The molecule has 358 valence electrons. The highest BCUT2D eigenvalue weighted by molar-refractivity contribution is 5.76. The lowest BCUT2D eigenvalue weighted by molar-refractivity contribution is -0.359. The topological polar surface area (TPSA) is 228 Å². The Labute approximate surface area is 367 Å². The van der Waals surface area contributed by atoms with Crippen LogP contribution in [-0.4, -0.2) is 140 Å². The summed E-state index contributed by atoms with van der Waals surface area (Å²) in [7, 11) is 0. The van der Waals surface area contributed by atoms with Crippen molar-refractivity contribution < 1.29 is 64.6 Å². The first-order valence-corrected chi connectivity index (χ1v) is 24.1. The van der Waals surface area contributed by atoms with Gasteiger partial charge in [-0.05, 0) is 32.1 Å². The lowest BCUT2D eigenvalue weighted by Gasteiger charge is -2.46. The first kappa shape index (κ1) is 55.6. The maximum Gasteiger partial charge on any atom is 0.220 e. The van der Waals surface area contributed by atoms with E-state index in [4.69, 9.17) is 18.9 Å². The van der Waals surface area contributed by atoms with Crippen molar-refractivity contribution in [2.75, 3.05) is 19.8 Å². The second-order valence-corrected chi connectivity index (χ2v) is 17.2. The van der Waals surface area contributed by atoms with Crippen molar-refractivity contribution in [2.24, 2.45) is 0 Å². The van der Waals surface area contributed by atoms with Crippen molar-refractivity contribution in [3.63, 3.8) is 0 Å². The van der Waals surface area contributed by atoms with Gasteiger partial charge in [-0.1, -0.05) is 160 Å². The number of rotatable bonds is 36. The Morgan fingerprint density at radius 3 is 1.61 bits per heavy atom. The number of carbonyl (C=O) groups excluding carboxylic acids is 1. The van der Waals surface area contributed by atoms with Crippen molar-refractivity contribution in [3.8, 4) is 0 Å². The number of hydrogen-bond donors (Lipinski definition) is 9. The van der Waals surface area contributed by atoms with Crippen molar-refractivity contribution in [3.05, 3.63) is 24.3 Å². The molecule has 12 atom stereocenters. The van der Waals surface area contributed by atoms with Gasteiger partial charge in [0.1, 0.15) is 48.8 Å². The molecule has 12 unspecified atom stereocenters. The first-order chi connectivity index (χ1) is 29.6. The molecule has 2 heterocycles. The Hall–Kier alpha value is -1.53. The fourth-order valence-corrected chi connectivity index (χ4v) is 7.89. The Bertz CT molecular complexity index is 1130. The summed E-state index contributed by atoms with van der Waals surface area (Å²) >= 11 is 0. The van der Waals surface area contributed by atoms with Gasteiger partial charge in [0, 0.05) is 6.42 Å². The lowest BCUT2D eigenvalue weighted by atomic mass is 9.97. The minimum Gasteiger partial charge on any atom is -0.394 e. The summed E-state index contributed by atoms with van der Waals surface area (Å²) in [5.74, 6) is -0.251. The monoisotopic (exact) mass is 874 g/mol. The molecular formula is C47H87NO13. The molecule has 0 spiro atoms. The van der Waals surface area contributed by atoms with E-state index in [9.17, 15) is 45.6 Å². The molecule has 61 heavy (non-hydrogen) atoms. The van der Waals surface area contributed by atoms with Gasteiger partial charge in [-0.15, -0.1) is 0 Å². The SMILES string of the molecule is CCCCCC/C=C/CC/C=C/C(O)C(COC1OC(CO)C(OC2OC(CO)C(O)C(O)C2O)C(O)C1O)NC(=O)CCCCCCCCCCCCCCCCCCC. The molecule has 0 aromatic carbocycles. The summed E-state index contributed by atoms with van der Waals surface area (Å²) in [4.78, 5) is 13.1. The van der Waals surface area contributed by atoms with Crippen LogP contribution in [0.25, 0.3) is 0 Å². The van der Waals surface area contributed by atoms with Gasteiger partial charge < -0.3 is 65.1 Å². The molecule has 2 saturated heterocycles. The summed E-state index contributed by atoms with van der Waals surface area (Å²) in [6.07, 6.45) is 19.5. The van der Waals surface area contributed by atoms with Gasteiger partial charge in [0.05, 0.1) is 32.0 Å². The Morgan fingerprint density at radius 2 is 1.05 bits per heavy atom. The van der Waals surface area contributed by atoms with Gasteiger partial charge >= 0.3 is 0 Å². The Morgan fingerprint density at radius 1 is 0.574 bits per heavy atom.